The fourth-order valence-electron chi connectivity index (χ4n) is 1.33. The van der Waals surface area contributed by atoms with Gasteiger partial charge in [0.15, 0.2) is 5.60 Å². The number of rotatable bonds is 3. The lowest BCUT2D eigenvalue weighted by molar-refractivity contribution is -0.135. The second-order valence-electron chi connectivity index (χ2n) is 5.77. The van der Waals surface area contributed by atoms with Crippen molar-refractivity contribution in [2.75, 3.05) is 0 Å². The molecule has 0 radical (unpaired) electrons. The van der Waals surface area contributed by atoms with Gasteiger partial charge >= 0.3 is 0 Å². The van der Waals surface area contributed by atoms with Crippen molar-refractivity contribution >= 4 is 17.5 Å². The molecule has 100 valence electrons. The Hall–Kier alpha value is -1.22. The molecule has 0 spiro atoms. The molecule has 1 rings (SSSR count). The van der Waals surface area contributed by atoms with Crippen LogP contribution in [0, 0.1) is 0 Å². The smallest absolute Gasteiger partial charge is 0.264 e. The Morgan fingerprint density at radius 3 is 2.06 bits per heavy atom. The van der Waals surface area contributed by atoms with Crippen molar-refractivity contribution in [3.63, 3.8) is 0 Å². The monoisotopic (exact) mass is 269 g/mol. The summed E-state index contributed by atoms with van der Waals surface area (Å²) in [5.74, 6) is 0.471. The average molecular weight is 270 g/mol. The Balaban J connectivity index is 2.75. The number of halogens is 1. The van der Waals surface area contributed by atoms with Gasteiger partial charge in [-0.05, 0) is 58.9 Å². The van der Waals surface area contributed by atoms with Crippen molar-refractivity contribution in [1.29, 1.82) is 0 Å². The van der Waals surface area contributed by atoms with Crippen LogP contribution in [0.15, 0.2) is 24.3 Å². The van der Waals surface area contributed by atoms with Crippen LogP contribution in [0.5, 0.6) is 5.75 Å². The number of carbonyl (C=O) groups is 1. The molecule has 0 bridgehead atoms. The molecule has 0 atom stereocenters. The highest BCUT2D eigenvalue weighted by Crippen LogP contribution is 2.21. The van der Waals surface area contributed by atoms with Gasteiger partial charge in [0.2, 0.25) is 0 Å². The van der Waals surface area contributed by atoms with Gasteiger partial charge in [0.1, 0.15) is 5.75 Å². The molecule has 0 aliphatic heterocycles. The highest BCUT2D eigenvalue weighted by molar-refractivity contribution is 6.30. The fourth-order valence-corrected chi connectivity index (χ4v) is 1.46. The number of carbonyl (C=O) groups excluding carboxylic acids is 1. The van der Waals surface area contributed by atoms with Gasteiger partial charge in [0.05, 0.1) is 0 Å². The summed E-state index contributed by atoms with van der Waals surface area (Å²) in [6.07, 6.45) is 0. The lowest BCUT2D eigenvalue weighted by atomic mass is 10.0. The van der Waals surface area contributed by atoms with Crippen LogP contribution < -0.4 is 10.1 Å². The van der Waals surface area contributed by atoms with E-state index < -0.39 is 5.60 Å². The van der Waals surface area contributed by atoms with E-state index in [4.69, 9.17) is 16.3 Å². The molecule has 1 aromatic carbocycles. The molecule has 1 aromatic rings. The summed E-state index contributed by atoms with van der Waals surface area (Å²) < 4.78 is 5.69. The third-order valence-electron chi connectivity index (χ3n) is 2.22. The van der Waals surface area contributed by atoms with Gasteiger partial charge in [-0.2, -0.15) is 0 Å². The molecule has 0 heterocycles. The molecule has 1 amide bonds. The molecule has 0 saturated carbocycles. The lowest BCUT2D eigenvalue weighted by Gasteiger charge is -2.30. The Bertz CT molecular complexity index is 418. The van der Waals surface area contributed by atoms with Crippen LogP contribution in [0.1, 0.15) is 34.6 Å². The molecule has 0 aliphatic rings. The topological polar surface area (TPSA) is 38.3 Å². The van der Waals surface area contributed by atoms with Crippen LogP contribution in [0.4, 0.5) is 0 Å². The van der Waals surface area contributed by atoms with E-state index in [-0.39, 0.29) is 11.4 Å². The van der Waals surface area contributed by atoms with E-state index in [2.05, 4.69) is 5.32 Å². The summed E-state index contributed by atoms with van der Waals surface area (Å²) in [6, 6.07) is 6.95. The quantitative estimate of drug-likeness (QED) is 0.913. The molecule has 0 fully saturated rings. The second kappa shape index (κ2) is 5.19. The molecular weight excluding hydrogens is 250 g/mol. The first-order chi connectivity index (χ1) is 8.10. The van der Waals surface area contributed by atoms with E-state index in [0.29, 0.717) is 10.8 Å². The average Bonchev–Trinajstić information content (AvgIpc) is 2.18. The van der Waals surface area contributed by atoms with Gasteiger partial charge in [-0.3, -0.25) is 4.79 Å². The van der Waals surface area contributed by atoms with E-state index in [9.17, 15) is 4.79 Å². The number of hydrogen-bond acceptors (Lipinski definition) is 2. The third kappa shape index (κ3) is 4.57. The van der Waals surface area contributed by atoms with Crippen LogP contribution >= 0.6 is 11.6 Å². The van der Waals surface area contributed by atoms with Crippen molar-refractivity contribution in [2.24, 2.45) is 0 Å². The Labute approximate surface area is 113 Å². The molecular formula is C14H20ClNO2. The lowest BCUT2D eigenvalue weighted by Crippen LogP contribution is -2.52. The minimum absolute atomic E-state index is 0.148. The SMILES string of the molecule is CC(C)(C)NC(=O)C(C)(C)Oc1ccc(Cl)cc1. The highest BCUT2D eigenvalue weighted by atomic mass is 35.5. The predicted octanol–water partition coefficient (Wildman–Crippen LogP) is 3.41. The zero-order valence-electron chi connectivity index (χ0n) is 11.5. The third-order valence-corrected chi connectivity index (χ3v) is 2.47. The first-order valence-corrected chi connectivity index (χ1v) is 6.25. The number of ether oxygens (including phenoxy) is 1. The van der Waals surface area contributed by atoms with E-state index >= 15 is 0 Å². The van der Waals surface area contributed by atoms with Crippen LogP contribution in [0.25, 0.3) is 0 Å². The van der Waals surface area contributed by atoms with E-state index in [1.54, 1.807) is 38.1 Å². The fraction of sp³-hybridized carbons (Fsp3) is 0.500. The van der Waals surface area contributed by atoms with Crippen LogP contribution in [-0.4, -0.2) is 17.0 Å². The van der Waals surface area contributed by atoms with Crippen LogP contribution in [0.3, 0.4) is 0 Å². The number of nitrogens with one attached hydrogen (secondary N) is 1. The molecule has 4 heteroatoms. The highest BCUT2D eigenvalue weighted by Gasteiger charge is 2.32. The Morgan fingerprint density at radius 1 is 1.11 bits per heavy atom. The largest absolute Gasteiger partial charge is 0.478 e. The molecule has 3 nitrogen and oxygen atoms in total. The summed E-state index contributed by atoms with van der Waals surface area (Å²) in [4.78, 5) is 12.1. The standard InChI is InChI=1S/C14H20ClNO2/c1-13(2,3)16-12(17)14(4,5)18-11-8-6-10(15)7-9-11/h6-9H,1-5H3,(H,16,17). The molecule has 1 N–H and O–H groups in total. The summed E-state index contributed by atoms with van der Waals surface area (Å²) in [5, 5.41) is 3.54. The molecule has 0 unspecified atom stereocenters. The Morgan fingerprint density at radius 2 is 1.61 bits per heavy atom. The van der Waals surface area contributed by atoms with Gasteiger partial charge in [-0.25, -0.2) is 0 Å². The number of benzene rings is 1. The maximum atomic E-state index is 12.1. The zero-order chi connectivity index (χ0) is 14.0. The Kier molecular flexibility index (Phi) is 4.28. The van der Waals surface area contributed by atoms with Gasteiger partial charge in [-0.1, -0.05) is 11.6 Å². The van der Waals surface area contributed by atoms with Crippen molar-refractivity contribution in [1.82, 2.24) is 5.32 Å². The van der Waals surface area contributed by atoms with E-state index in [1.807, 2.05) is 20.8 Å². The molecule has 0 aliphatic carbocycles. The minimum atomic E-state index is -0.929. The van der Waals surface area contributed by atoms with Crippen molar-refractivity contribution in [2.45, 2.75) is 45.8 Å². The first-order valence-electron chi connectivity index (χ1n) is 5.87. The molecule has 18 heavy (non-hydrogen) atoms. The van der Waals surface area contributed by atoms with Crippen molar-refractivity contribution < 1.29 is 9.53 Å². The maximum Gasteiger partial charge on any atom is 0.264 e. The van der Waals surface area contributed by atoms with Gasteiger partial charge in [0, 0.05) is 10.6 Å². The van der Waals surface area contributed by atoms with Gasteiger partial charge < -0.3 is 10.1 Å². The normalized spacial score (nSPS) is 12.1. The van der Waals surface area contributed by atoms with Crippen LogP contribution in [0.2, 0.25) is 5.02 Å². The first kappa shape index (κ1) is 14.8. The number of hydrogen-bond donors (Lipinski definition) is 1. The summed E-state index contributed by atoms with van der Waals surface area (Å²) >= 11 is 5.80. The zero-order valence-corrected chi connectivity index (χ0v) is 12.3. The number of amides is 1. The minimum Gasteiger partial charge on any atom is -0.478 e. The predicted molar refractivity (Wildman–Crippen MR) is 74.1 cm³/mol. The molecule has 0 aromatic heterocycles. The van der Waals surface area contributed by atoms with E-state index in [0.717, 1.165) is 0 Å². The summed E-state index contributed by atoms with van der Waals surface area (Å²) in [7, 11) is 0. The molecule has 0 saturated heterocycles. The maximum absolute atomic E-state index is 12.1. The van der Waals surface area contributed by atoms with Crippen molar-refractivity contribution in [3.8, 4) is 5.75 Å². The second-order valence-corrected chi connectivity index (χ2v) is 6.21. The van der Waals surface area contributed by atoms with Crippen molar-refractivity contribution in [3.05, 3.63) is 29.3 Å². The van der Waals surface area contributed by atoms with Crippen LogP contribution in [-0.2, 0) is 4.79 Å². The van der Waals surface area contributed by atoms with E-state index in [1.165, 1.54) is 0 Å². The van der Waals surface area contributed by atoms with Gasteiger partial charge in [-0.15, -0.1) is 0 Å². The van der Waals surface area contributed by atoms with Gasteiger partial charge in [0.25, 0.3) is 5.91 Å². The summed E-state index contributed by atoms with van der Waals surface area (Å²) in [5.41, 5.74) is -1.21. The summed E-state index contributed by atoms with van der Waals surface area (Å²) in [6.45, 7) is 9.28.